The average Bonchev–Trinajstić information content (AvgIpc) is 2.84. The molecule has 0 atom stereocenters. The summed E-state index contributed by atoms with van der Waals surface area (Å²) in [7, 11) is 0. The molecule has 0 aliphatic rings. The summed E-state index contributed by atoms with van der Waals surface area (Å²) < 4.78 is 14.5. The number of aromatic nitrogens is 2. The van der Waals surface area contributed by atoms with Gasteiger partial charge in [-0.3, -0.25) is 14.4 Å². The molecule has 1 heterocycles. The van der Waals surface area contributed by atoms with E-state index in [0.717, 1.165) is 0 Å². The minimum Gasteiger partial charge on any atom is -0.481 e. The molecule has 0 saturated heterocycles. The Hall–Kier alpha value is -2.45. The second kappa shape index (κ2) is 7.62. The number of carbonyl (C=O) groups is 3. The van der Waals surface area contributed by atoms with Gasteiger partial charge in [0.05, 0.1) is 12.1 Å². The van der Waals surface area contributed by atoms with Crippen molar-refractivity contribution in [2.45, 2.75) is 19.8 Å². The van der Waals surface area contributed by atoms with Crippen LogP contribution in [-0.4, -0.2) is 32.7 Å². The lowest BCUT2D eigenvalue weighted by Crippen LogP contribution is -2.17. The molecule has 2 rings (SSSR count). The Morgan fingerprint density at radius 2 is 1.96 bits per heavy atom. The Bertz CT molecular complexity index is 867. The van der Waals surface area contributed by atoms with Crippen LogP contribution in [0.2, 0.25) is 10.2 Å². The van der Waals surface area contributed by atoms with Crippen LogP contribution in [0.15, 0.2) is 18.2 Å². The molecule has 2 aromatic rings. The highest BCUT2D eigenvalue weighted by atomic mass is 35.5. The number of halogens is 3. The van der Waals surface area contributed by atoms with Gasteiger partial charge in [0.25, 0.3) is 5.91 Å². The summed E-state index contributed by atoms with van der Waals surface area (Å²) in [4.78, 5) is 34.7. The van der Waals surface area contributed by atoms with Gasteiger partial charge in [0.1, 0.15) is 10.8 Å². The van der Waals surface area contributed by atoms with Gasteiger partial charge < -0.3 is 10.4 Å². The Labute approximate surface area is 151 Å². The molecule has 25 heavy (non-hydrogen) atoms. The number of carbonyl (C=O) groups excluding carboxylic acids is 2. The van der Waals surface area contributed by atoms with Crippen LogP contribution >= 0.6 is 23.2 Å². The Morgan fingerprint density at radius 3 is 2.56 bits per heavy atom. The molecule has 0 saturated carbocycles. The second-order valence-electron chi connectivity index (χ2n) is 5.09. The van der Waals surface area contributed by atoms with Gasteiger partial charge in [-0.1, -0.05) is 29.3 Å². The van der Waals surface area contributed by atoms with Crippen molar-refractivity contribution in [3.8, 4) is 0 Å². The third-order valence-electron chi connectivity index (χ3n) is 3.15. The van der Waals surface area contributed by atoms with E-state index in [1.807, 2.05) is 0 Å². The maximum absolute atomic E-state index is 13.8. The van der Waals surface area contributed by atoms with Crippen molar-refractivity contribution >= 4 is 46.7 Å². The predicted molar refractivity (Wildman–Crippen MR) is 88.8 cm³/mol. The smallest absolute Gasteiger partial charge is 0.303 e. The van der Waals surface area contributed by atoms with Gasteiger partial charge in [-0.2, -0.15) is 9.78 Å². The fourth-order valence-corrected chi connectivity index (χ4v) is 2.34. The van der Waals surface area contributed by atoms with E-state index in [9.17, 15) is 18.8 Å². The number of carboxylic acids is 1. The first-order valence-electron chi connectivity index (χ1n) is 6.97. The van der Waals surface area contributed by atoms with E-state index in [-0.39, 0.29) is 28.0 Å². The van der Waals surface area contributed by atoms with E-state index in [1.165, 1.54) is 12.1 Å². The number of hydrogen-bond acceptors (Lipinski definition) is 4. The highest BCUT2D eigenvalue weighted by Gasteiger charge is 2.24. The van der Waals surface area contributed by atoms with Crippen LogP contribution in [0.25, 0.3) is 0 Å². The fraction of sp³-hybridized carbons (Fsp3) is 0.200. The zero-order chi connectivity index (χ0) is 18.7. The highest BCUT2D eigenvalue weighted by Crippen LogP contribution is 2.27. The first-order chi connectivity index (χ1) is 11.7. The molecule has 0 aliphatic heterocycles. The Morgan fingerprint density at radius 1 is 1.28 bits per heavy atom. The summed E-state index contributed by atoms with van der Waals surface area (Å²) in [5, 5.41) is 14.0. The third kappa shape index (κ3) is 4.34. The lowest BCUT2D eigenvalue weighted by Gasteiger charge is -2.05. The minimum absolute atomic E-state index is 0.0884. The second-order valence-corrected chi connectivity index (χ2v) is 5.83. The van der Waals surface area contributed by atoms with Crippen LogP contribution in [0.1, 0.15) is 33.7 Å². The predicted octanol–water partition coefficient (Wildman–Crippen LogP) is 3.39. The molecule has 0 unspecified atom stereocenters. The van der Waals surface area contributed by atoms with Crippen LogP contribution in [0.4, 0.5) is 10.1 Å². The van der Waals surface area contributed by atoms with E-state index in [0.29, 0.717) is 10.2 Å². The zero-order valence-corrected chi connectivity index (χ0v) is 14.4. The van der Waals surface area contributed by atoms with Crippen LogP contribution < -0.4 is 5.32 Å². The number of amides is 1. The van der Waals surface area contributed by atoms with Gasteiger partial charge in [-0.25, -0.2) is 4.39 Å². The lowest BCUT2D eigenvalue weighted by atomic mass is 10.2. The summed E-state index contributed by atoms with van der Waals surface area (Å²) in [5.41, 5.74) is 0.203. The maximum Gasteiger partial charge on any atom is 0.303 e. The van der Waals surface area contributed by atoms with Crippen molar-refractivity contribution in [3.05, 3.63) is 45.4 Å². The molecule has 0 bridgehead atoms. The van der Waals surface area contributed by atoms with E-state index >= 15 is 0 Å². The van der Waals surface area contributed by atoms with Gasteiger partial charge in [-0.15, -0.1) is 0 Å². The Balaban J connectivity index is 2.24. The molecule has 2 N–H and O–H groups in total. The van der Waals surface area contributed by atoms with Crippen molar-refractivity contribution in [1.29, 1.82) is 0 Å². The van der Waals surface area contributed by atoms with Crippen molar-refractivity contribution in [1.82, 2.24) is 9.78 Å². The molecule has 0 aliphatic carbocycles. The molecule has 0 fully saturated rings. The summed E-state index contributed by atoms with van der Waals surface area (Å²) in [6.07, 6.45) is -0.802. The normalized spacial score (nSPS) is 10.6. The van der Waals surface area contributed by atoms with Crippen molar-refractivity contribution < 1.29 is 23.9 Å². The number of rotatable bonds is 5. The van der Waals surface area contributed by atoms with Crippen molar-refractivity contribution in [2.75, 3.05) is 5.32 Å². The van der Waals surface area contributed by atoms with Gasteiger partial charge in [0, 0.05) is 6.42 Å². The maximum atomic E-state index is 13.8. The molecular weight excluding hydrogens is 376 g/mol. The average molecular weight is 388 g/mol. The minimum atomic E-state index is -1.17. The first-order valence-corrected chi connectivity index (χ1v) is 7.72. The number of carboxylic acid groups (broad SMARTS) is 1. The van der Waals surface area contributed by atoms with Crippen molar-refractivity contribution in [3.63, 3.8) is 0 Å². The SMILES string of the molecule is Cc1ccc(NC(=O)c2nn(C(=O)CCC(=O)O)c(Cl)c2Cl)c(F)c1. The van der Waals surface area contributed by atoms with E-state index in [4.69, 9.17) is 28.3 Å². The van der Waals surface area contributed by atoms with Gasteiger partial charge >= 0.3 is 5.97 Å². The summed E-state index contributed by atoms with van der Waals surface area (Å²) >= 11 is 11.8. The van der Waals surface area contributed by atoms with Gasteiger partial charge in [0.2, 0.25) is 5.91 Å². The topological polar surface area (TPSA) is 101 Å². The molecule has 0 radical (unpaired) electrons. The number of benzene rings is 1. The van der Waals surface area contributed by atoms with Gasteiger partial charge in [-0.05, 0) is 24.6 Å². The number of hydrogen-bond donors (Lipinski definition) is 2. The van der Waals surface area contributed by atoms with Crippen LogP contribution in [-0.2, 0) is 4.79 Å². The van der Waals surface area contributed by atoms with Crippen LogP contribution in [0.3, 0.4) is 0 Å². The standard InChI is InChI=1S/C15H12Cl2FN3O4/c1-7-2-3-9(8(18)6-7)19-15(25)13-12(16)14(17)21(20-13)10(22)4-5-11(23)24/h2-3,6H,4-5H2,1H3,(H,19,25)(H,23,24). The number of anilines is 1. The first kappa shape index (κ1) is 18.9. The van der Waals surface area contributed by atoms with Crippen LogP contribution in [0.5, 0.6) is 0 Å². The highest BCUT2D eigenvalue weighted by molar-refractivity contribution is 6.44. The zero-order valence-electron chi connectivity index (χ0n) is 12.8. The van der Waals surface area contributed by atoms with Gasteiger partial charge in [0.15, 0.2) is 10.8 Å². The lowest BCUT2D eigenvalue weighted by molar-refractivity contribution is -0.137. The summed E-state index contributed by atoms with van der Waals surface area (Å²) in [6, 6.07) is 4.20. The molecule has 1 amide bonds. The Kier molecular flexibility index (Phi) is 5.76. The molecule has 132 valence electrons. The summed E-state index contributed by atoms with van der Waals surface area (Å²) in [5.74, 6) is -3.42. The van der Waals surface area contributed by atoms with Crippen LogP contribution in [0, 0.1) is 12.7 Å². The van der Waals surface area contributed by atoms with E-state index in [1.54, 1.807) is 13.0 Å². The number of aryl methyl sites for hydroxylation is 1. The molecule has 0 spiro atoms. The number of aliphatic carboxylic acids is 1. The van der Waals surface area contributed by atoms with E-state index in [2.05, 4.69) is 10.4 Å². The van der Waals surface area contributed by atoms with E-state index < -0.39 is 30.0 Å². The van der Waals surface area contributed by atoms with Crippen molar-refractivity contribution in [2.24, 2.45) is 0 Å². The molecule has 1 aromatic heterocycles. The summed E-state index contributed by atoms with van der Waals surface area (Å²) in [6.45, 7) is 1.69. The molecule has 1 aromatic carbocycles. The molecule has 10 heteroatoms. The quantitative estimate of drug-likeness (QED) is 0.818. The fourth-order valence-electron chi connectivity index (χ4n) is 1.91. The largest absolute Gasteiger partial charge is 0.481 e. The number of nitrogens with zero attached hydrogens (tertiary/aromatic N) is 2. The monoisotopic (exact) mass is 387 g/mol. The number of nitrogens with one attached hydrogen (secondary N) is 1. The molecular formula is C15H12Cl2FN3O4. The molecule has 7 nitrogen and oxygen atoms in total. The third-order valence-corrected chi connectivity index (χ3v) is 3.96.